The van der Waals surface area contributed by atoms with Gasteiger partial charge in [-0.2, -0.15) is 5.26 Å². The maximum Gasteiger partial charge on any atom is 0.328 e. The van der Waals surface area contributed by atoms with Crippen molar-refractivity contribution in [3.8, 4) is 11.8 Å². The van der Waals surface area contributed by atoms with Crippen molar-refractivity contribution in [1.29, 1.82) is 5.26 Å². The lowest BCUT2D eigenvalue weighted by molar-refractivity contribution is -0.386. The Morgan fingerprint density at radius 1 is 1.53 bits per heavy atom. The summed E-state index contributed by atoms with van der Waals surface area (Å²) in [4.78, 5) is 10.4. The molecule has 0 saturated heterocycles. The SMILES string of the molecule is CC(C)NCCCOc1cccc(C#N)c1[N+](=O)[O-]. The van der Waals surface area contributed by atoms with E-state index in [1.54, 1.807) is 12.1 Å². The van der Waals surface area contributed by atoms with Gasteiger partial charge in [-0.15, -0.1) is 0 Å². The first kappa shape index (κ1) is 14.9. The van der Waals surface area contributed by atoms with Crippen LogP contribution in [0, 0.1) is 21.4 Å². The number of hydrogen-bond donors (Lipinski definition) is 1. The van der Waals surface area contributed by atoms with Crippen molar-refractivity contribution in [2.24, 2.45) is 0 Å². The molecule has 0 aliphatic rings. The van der Waals surface area contributed by atoms with Gasteiger partial charge in [0.15, 0.2) is 5.75 Å². The van der Waals surface area contributed by atoms with Crippen LogP contribution in [0.15, 0.2) is 18.2 Å². The maximum absolute atomic E-state index is 10.9. The van der Waals surface area contributed by atoms with Crippen molar-refractivity contribution >= 4 is 5.69 Å². The van der Waals surface area contributed by atoms with Gasteiger partial charge in [0.25, 0.3) is 0 Å². The highest BCUT2D eigenvalue weighted by Crippen LogP contribution is 2.30. The number of benzene rings is 1. The first-order chi connectivity index (χ1) is 9.06. The molecule has 6 nitrogen and oxygen atoms in total. The zero-order chi connectivity index (χ0) is 14.3. The van der Waals surface area contributed by atoms with Crippen LogP contribution in [-0.4, -0.2) is 24.1 Å². The van der Waals surface area contributed by atoms with Crippen molar-refractivity contribution in [3.63, 3.8) is 0 Å². The second-order valence-electron chi connectivity index (χ2n) is 4.33. The molecule has 1 aromatic rings. The molecule has 0 atom stereocenters. The monoisotopic (exact) mass is 263 g/mol. The summed E-state index contributed by atoms with van der Waals surface area (Å²) in [6.45, 7) is 5.24. The molecule has 102 valence electrons. The zero-order valence-electron chi connectivity index (χ0n) is 11.0. The first-order valence-corrected chi connectivity index (χ1v) is 6.10. The number of nitrogens with zero attached hydrogens (tertiary/aromatic N) is 2. The number of nitrogens with one attached hydrogen (secondary N) is 1. The highest BCUT2D eigenvalue weighted by molar-refractivity contribution is 5.57. The average molecular weight is 263 g/mol. The normalized spacial score (nSPS) is 10.2. The zero-order valence-corrected chi connectivity index (χ0v) is 11.0. The quantitative estimate of drug-likeness (QED) is 0.463. The molecule has 0 bridgehead atoms. The van der Waals surface area contributed by atoms with Crippen LogP contribution in [0.5, 0.6) is 5.75 Å². The molecule has 0 aromatic heterocycles. The van der Waals surface area contributed by atoms with E-state index in [4.69, 9.17) is 10.00 Å². The molecule has 0 heterocycles. The summed E-state index contributed by atoms with van der Waals surface area (Å²) in [7, 11) is 0. The Hall–Kier alpha value is -2.13. The minimum atomic E-state index is -0.583. The van der Waals surface area contributed by atoms with Crippen molar-refractivity contribution in [3.05, 3.63) is 33.9 Å². The Kier molecular flexibility index (Phi) is 5.76. The summed E-state index contributed by atoms with van der Waals surface area (Å²) in [6, 6.07) is 6.69. The summed E-state index contributed by atoms with van der Waals surface area (Å²) in [5.41, 5.74) is -0.246. The minimum Gasteiger partial charge on any atom is -0.487 e. The van der Waals surface area contributed by atoms with Crippen molar-refractivity contribution in [1.82, 2.24) is 5.32 Å². The van der Waals surface area contributed by atoms with Gasteiger partial charge >= 0.3 is 5.69 Å². The van der Waals surface area contributed by atoms with E-state index in [9.17, 15) is 10.1 Å². The lowest BCUT2D eigenvalue weighted by atomic mass is 10.2. The van der Waals surface area contributed by atoms with Crippen molar-refractivity contribution in [2.45, 2.75) is 26.3 Å². The largest absolute Gasteiger partial charge is 0.487 e. The van der Waals surface area contributed by atoms with E-state index in [1.165, 1.54) is 12.1 Å². The van der Waals surface area contributed by atoms with Crippen molar-refractivity contribution < 1.29 is 9.66 Å². The minimum absolute atomic E-state index is 0.0165. The number of para-hydroxylation sites is 1. The number of hydrogen-bond acceptors (Lipinski definition) is 5. The van der Waals surface area contributed by atoms with Gasteiger partial charge in [-0.1, -0.05) is 19.9 Å². The van der Waals surface area contributed by atoms with E-state index >= 15 is 0 Å². The third kappa shape index (κ3) is 4.56. The van der Waals surface area contributed by atoms with E-state index in [0.717, 1.165) is 13.0 Å². The van der Waals surface area contributed by atoms with E-state index in [-0.39, 0.29) is 17.0 Å². The Bertz CT molecular complexity index is 481. The molecule has 0 fully saturated rings. The van der Waals surface area contributed by atoms with E-state index in [0.29, 0.717) is 12.6 Å². The molecule has 0 radical (unpaired) electrons. The third-order valence-corrected chi connectivity index (χ3v) is 2.43. The molecule has 0 aliphatic carbocycles. The van der Waals surface area contributed by atoms with Gasteiger partial charge in [-0.25, -0.2) is 0 Å². The summed E-state index contributed by atoms with van der Waals surface area (Å²) in [6.07, 6.45) is 0.742. The smallest absolute Gasteiger partial charge is 0.328 e. The van der Waals surface area contributed by atoms with Gasteiger partial charge < -0.3 is 10.1 Å². The van der Waals surface area contributed by atoms with Gasteiger partial charge in [-0.3, -0.25) is 10.1 Å². The fourth-order valence-electron chi connectivity index (χ4n) is 1.56. The standard InChI is InChI=1S/C13H17N3O3/c1-10(2)15-7-4-8-19-12-6-3-5-11(9-14)13(12)16(17)18/h3,5-6,10,15H,4,7-8H2,1-2H3. The van der Waals surface area contributed by atoms with Crippen LogP contribution in [0.4, 0.5) is 5.69 Å². The fraction of sp³-hybridized carbons (Fsp3) is 0.462. The number of rotatable bonds is 7. The fourth-order valence-corrected chi connectivity index (χ4v) is 1.56. The van der Waals surface area contributed by atoms with Crippen LogP contribution in [-0.2, 0) is 0 Å². The first-order valence-electron chi connectivity index (χ1n) is 6.10. The summed E-state index contributed by atoms with van der Waals surface area (Å²) < 4.78 is 5.39. The van der Waals surface area contributed by atoms with Crippen LogP contribution >= 0.6 is 0 Å². The van der Waals surface area contributed by atoms with Gasteiger partial charge in [0, 0.05) is 6.04 Å². The molecule has 0 aliphatic heterocycles. The molecule has 1 rings (SSSR count). The Balaban J connectivity index is 2.64. The highest BCUT2D eigenvalue weighted by Gasteiger charge is 2.20. The molecule has 0 unspecified atom stereocenters. The van der Waals surface area contributed by atoms with Crippen LogP contribution < -0.4 is 10.1 Å². The molecule has 0 saturated carbocycles. The molecule has 1 aromatic carbocycles. The van der Waals surface area contributed by atoms with Gasteiger partial charge in [0.2, 0.25) is 0 Å². The number of ether oxygens (including phenoxy) is 1. The van der Waals surface area contributed by atoms with Gasteiger partial charge in [0.1, 0.15) is 11.6 Å². The lowest BCUT2D eigenvalue weighted by Crippen LogP contribution is -2.24. The Morgan fingerprint density at radius 3 is 2.84 bits per heavy atom. The molecule has 1 N–H and O–H groups in total. The lowest BCUT2D eigenvalue weighted by Gasteiger charge is -2.09. The van der Waals surface area contributed by atoms with Crippen LogP contribution in [0.1, 0.15) is 25.8 Å². The highest BCUT2D eigenvalue weighted by atomic mass is 16.6. The Labute approximate surface area is 112 Å². The molecule has 19 heavy (non-hydrogen) atoms. The molecule has 0 spiro atoms. The number of nitro benzene ring substituents is 1. The average Bonchev–Trinajstić information content (AvgIpc) is 2.37. The number of nitro groups is 1. The van der Waals surface area contributed by atoms with Crippen LogP contribution in [0.3, 0.4) is 0 Å². The Morgan fingerprint density at radius 2 is 2.26 bits per heavy atom. The summed E-state index contributed by atoms with van der Waals surface area (Å²) in [5, 5.41) is 23.0. The maximum atomic E-state index is 10.9. The molecule has 0 amide bonds. The topological polar surface area (TPSA) is 88.2 Å². The van der Waals surface area contributed by atoms with Crippen molar-refractivity contribution in [2.75, 3.05) is 13.2 Å². The molecular formula is C13H17N3O3. The molecular weight excluding hydrogens is 246 g/mol. The second-order valence-corrected chi connectivity index (χ2v) is 4.33. The molecule has 6 heteroatoms. The summed E-state index contributed by atoms with van der Waals surface area (Å²) in [5.74, 6) is 0.147. The number of nitriles is 1. The predicted octanol–water partition coefficient (Wildman–Crippen LogP) is 2.23. The van der Waals surface area contributed by atoms with E-state index < -0.39 is 4.92 Å². The van der Waals surface area contributed by atoms with E-state index in [1.807, 2.05) is 13.8 Å². The van der Waals surface area contributed by atoms with E-state index in [2.05, 4.69) is 5.32 Å². The van der Waals surface area contributed by atoms with Crippen LogP contribution in [0.25, 0.3) is 0 Å². The van der Waals surface area contributed by atoms with Gasteiger partial charge in [-0.05, 0) is 25.1 Å². The van der Waals surface area contributed by atoms with Crippen LogP contribution in [0.2, 0.25) is 0 Å². The van der Waals surface area contributed by atoms with Gasteiger partial charge in [0.05, 0.1) is 11.5 Å². The second kappa shape index (κ2) is 7.34. The summed E-state index contributed by atoms with van der Waals surface area (Å²) >= 11 is 0. The third-order valence-electron chi connectivity index (χ3n) is 2.43. The predicted molar refractivity (Wildman–Crippen MR) is 71.1 cm³/mol.